The zero-order valence-electron chi connectivity index (χ0n) is 10.9. The number of anilines is 1. The largest absolute Gasteiger partial charge is 0.283 e. The van der Waals surface area contributed by atoms with Crippen molar-refractivity contribution in [2.24, 2.45) is 0 Å². The van der Waals surface area contributed by atoms with Crippen LogP contribution in [0.2, 0.25) is 0 Å². The molecule has 0 radical (unpaired) electrons. The number of aryl methyl sites for hydroxylation is 1. The fraction of sp³-hybridized carbons (Fsp3) is 0.364. The van der Waals surface area contributed by atoms with Gasteiger partial charge in [0.05, 0.1) is 16.6 Å². The number of nitrogens with zero attached hydrogens (tertiary/aromatic N) is 4. The van der Waals surface area contributed by atoms with Crippen molar-refractivity contribution in [1.82, 2.24) is 20.2 Å². The molecule has 0 saturated heterocycles. The lowest BCUT2D eigenvalue weighted by molar-refractivity contribution is 0.593. The summed E-state index contributed by atoms with van der Waals surface area (Å²) in [6.45, 7) is 5.01. The first-order valence-electron chi connectivity index (χ1n) is 5.77. The van der Waals surface area contributed by atoms with Crippen molar-refractivity contribution in [3.05, 3.63) is 30.1 Å². The van der Waals surface area contributed by atoms with E-state index in [0.717, 1.165) is 0 Å². The number of nitrogens with one attached hydrogen (secondary N) is 1. The summed E-state index contributed by atoms with van der Waals surface area (Å²) < 4.78 is 27.7. The zero-order valence-corrected chi connectivity index (χ0v) is 11.7. The first-order valence-corrected chi connectivity index (χ1v) is 7.32. The van der Waals surface area contributed by atoms with Crippen molar-refractivity contribution in [2.75, 3.05) is 4.72 Å². The maximum absolute atomic E-state index is 11.8. The molecule has 7 nitrogen and oxygen atoms in total. The summed E-state index contributed by atoms with van der Waals surface area (Å²) >= 11 is 0. The molecular formula is C11H15N5O2S. The van der Waals surface area contributed by atoms with E-state index in [1.807, 2.05) is 0 Å². The maximum Gasteiger partial charge on any atom is 0.235 e. The third-order valence-corrected chi connectivity index (χ3v) is 4.36. The SMILES string of the molecule is Cc1nnnn1-c1cccc(NS(=O)(=O)C(C)C)c1. The quantitative estimate of drug-likeness (QED) is 0.907. The molecule has 2 rings (SSSR count). The van der Waals surface area contributed by atoms with E-state index in [-0.39, 0.29) is 0 Å². The molecule has 1 N–H and O–H groups in total. The molecule has 0 atom stereocenters. The van der Waals surface area contributed by atoms with Gasteiger partial charge >= 0.3 is 0 Å². The molecular weight excluding hydrogens is 266 g/mol. The average Bonchev–Trinajstić information content (AvgIpc) is 2.75. The van der Waals surface area contributed by atoms with Crippen molar-refractivity contribution < 1.29 is 8.42 Å². The van der Waals surface area contributed by atoms with Gasteiger partial charge in [0.2, 0.25) is 10.0 Å². The van der Waals surface area contributed by atoms with Gasteiger partial charge in [0.1, 0.15) is 0 Å². The van der Waals surface area contributed by atoms with Crippen molar-refractivity contribution in [1.29, 1.82) is 0 Å². The standard InChI is InChI=1S/C11H15N5O2S/c1-8(2)19(17,18)13-10-5-4-6-11(7-10)16-9(3)12-14-15-16/h4-8,13H,1-3H3. The molecule has 1 heterocycles. The van der Waals surface area contributed by atoms with Crippen LogP contribution < -0.4 is 4.72 Å². The Kier molecular flexibility index (Phi) is 3.52. The molecule has 0 aliphatic heterocycles. The van der Waals surface area contributed by atoms with Gasteiger partial charge in [-0.15, -0.1) is 5.10 Å². The predicted octanol–water partition coefficient (Wildman–Crippen LogP) is 1.12. The Labute approximate surface area is 111 Å². The Balaban J connectivity index is 2.34. The summed E-state index contributed by atoms with van der Waals surface area (Å²) in [5.74, 6) is 0.629. The number of hydrogen-bond donors (Lipinski definition) is 1. The number of tetrazole rings is 1. The third-order valence-electron chi connectivity index (χ3n) is 2.60. The van der Waals surface area contributed by atoms with Gasteiger partial charge in [0.15, 0.2) is 5.82 Å². The Hall–Kier alpha value is -1.96. The van der Waals surface area contributed by atoms with Crippen LogP contribution in [-0.2, 0) is 10.0 Å². The fourth-order valence-corrected chi connectivity index (χ4v) is 2.14. The van der Waals surface area contributed by atoms with Gasteiger partial charge in [-0.25, -0.2) is 8.42 Å². The van der Waals surface area contributed by atoms with Crippen LogP contribution in [-0.4, -0.2) is 33.9 Å². The summed E-state index contributed by atoms with van der Waals surface area (Å²) in [6.07, 6.45) is 0. The normalized spacial score (nSPS) is 11.8. The van der Waals surface area contributed by atoms with E-state index < -0.39 is 15.3 Å². The molecule has 0 unspecified atom stereocenters. The van der Waals surface area contributed by atoms with Crippen molar-refractivity contribution >= 4 is 15.7 Å². The molecule has 0 fully saturated rings. The molecule has 8 heteroatoms. The average molecular weight is 281 g/mol. The number of sulfonamides is 1. The molecule has 1 aromatic carbocycles. The molecule has 19 heavy (non-hydrogen) atoms. The zero-order chi connectivity index (χ0) is 14.0. The van der Waals surface area contributed by atoms with E-state index in [2.05, 4.69) is 20.2 Å². The van der Waals surface area contributed by atoms with Gasteiger partial charge < -0.3 is 0 Å². The van der Waals surface area contributed by atoms with Crippen LogP contribution >= 0.6 is 0 Å². The topological polar surface area (TPSA) is 89.8 Å². The van der Waals surface area contributed by atoms with Crippen molar-refractivity contribution in [2.45, 2.75) is 26.0 Å². The predicted molar refractivity (Wildman–Crippen MR) is 71.6 cm³/mol. The minimum atomic E-state index is -3.36. The highest BCUT2D eigenvalue weighted by Crippen LogP contribution is 2.17. The number of aromatic nitrogens is 4. The number of rotatable bonds is 4. The lowest BCUT2D eigenvalue weighted by Gasteiger charge is -2.11. The van der Waals surface area contributed by atoms with Crippen LogP contribution in [0.15, 0.2) is 24.3 Å². The van der Waals surface area contributed by atoms with Crippen molar-refractivity contribution in [3.63, 3.8) is 0 Å². The Morgan fingerprint density at radius 1 is 1.32 bits per heavy atom. The van der Waals surface area contributed by atoms with Crippen LogP contribution in [0.3, 0.4) is 0 Å². The van der Waals surface area contributed by atoms with E-state index in [0.29, 0.717) is 17.2 Å². The Morgan fingerprint density at radius 3 is 2.63 bits per heavy atom. The molecule has 102 valence electrons. The molecule has 0 bridgehead atoms. The fourth-order valence-electron chi connectivity index (χ4n) is 1.45. The van der Waals surface area contributed by atoms with Gasteiger partial charge in [0.25, 0.3) is 0 Å². The highest BCUT2D eigenvalue weighted by atomic mass is 32.2. The molecule has 0 saturated carbocycles. The second kappa shape index (κ2) is 4.96. The molecule has 1 aromatic heterocycles. The summed E-state index contributed by atoms with van der Waals surface area (Å²) in [6, 6.07) is 6.91. The lowest BCUT2D eigenvalue weighted by Crippen LogP contribution is -2.22. The van der Waals surface area contributed by atoms with Gasteiger partial charge in [-0.2, -0.15) is 4.68 Å². The molecule has 2 aromatic rings. The smallest absolute Gasteiger partial charge is 0.235 e. The number of benzene rings is 1. The van der Waals surface area contributed by atoms with Gasteiger partial charge in [-0.1, -0.05) is 6.07 Å². The lowest BCUT2D eigenvalue weighted by atomic mass is 10.3. The van der Waals surface area contributed by atoms with E-state index in [1.54, 1.807) is 45.0 Å². The van der Waals surface area contributed by atoms with E-state index in [4.69, 9.17) is 0 Å². The summed E-state index contributed by atoms with van der Waals surface area (Å²) in [7, 11) is -3.36. The Bertz CT molecular complexity index is 678. The van der Waals surface area contributed by atoms with Gasteiger partial charge in [-0.05, 0) is 49.4 Å². The minimum absolute atomic E-state index is 0.487. The molecule has 0 spiro atoms. The molecule has 0 aliphatic rings. The first kappa shape index (κ1) is 13.5. The van der Waals surface area contributed by atoms with Crippen LogP contribution in [0.4, 0.5) is 5.69 Å². The molecule has 0 amide bonds. The second-order valence-corrected chi connectivity index (χ2v) is 6.62. The monoisotopic (exact) mass is 281 g/mol. The van der Waals surface area contributed by atoms with Crippen LogP contribution in [0.1, 0.15) is 19.7 Å². The van der Waals surface area contributed by atoms with E-state index in [9.17, 15) is 8.42 Å². The van der Waals surface area contributed by atoms with E-state index in [1.165, 1.54) is 4.68 Å². The van der Waals surface area contributed by atoms with Gasteiger partial charge in [0, 0.05) is 0 Å². The Morgan fingerprint density at radius 2 is 2.05 bits per heavy atom. The highest BCUT2D eigenvalue weighted by Gasteiger charge is 2.15. The van der Waals surface area contributed by atoms with E-state index >= 15 is 0 Å². The summed E-state index contributed by atoms with van der Waals surface area (Å²) in [5, 5.41) is 10.7. The second-order valence-electron chi connectivity index (χ2n) is 4.38. The maximum atomic E-state index is 11.8. The number of hydrogen-bond acceptors (Lipinski definition) is 5. The highest BCUT2D eigenvalue weighted by molar-refractivity contribution is 7.93. The summed E-state index contributed by atoms with van der Waals surface area (Å²) in [5.41, 5.74) is 1.19. The summed E-state index contributed by atoms with van der Waals surface area (Å²) in [4.78, 5) is 0. The van der Waals surface area contributed by atoms with Crippen LogP contribution in [0, 0.1) is 6.92 Å². The van der Waals surface area contributed by atoms with Crippen LogP contribution in [0.5, 0.6) is 0 Å². The first-order chi connectivity index (χ1) is 8.90. The van der Waals surface area contributed by atoms with Crippen molar-refractivity contribution in [3.8, 4) is 5.69 Å². The van der Waals surface area contributed by atoms with Gasteiger partial charge in [-0.3, -0.25) is 4.72 Å². The minimum Gasteiger partial charge on any atom is -0.283 e. The molecule has 0 aliphatic carbocycles. The van der Waals surface area contributed by atoms with Crippen LogP contribution in [0.25, 0.3) is 5.69 Å². The third kappa shape index (κ3) is 2.90.